The van der Waals surface area contributed by atoms with Crippen LogP contribution in [0.25, 0.3) is 10.3 Å². The second-order valence-corrected chi connectivity index (χ2v) is 11.1. The van der Waals surface area contributed by atoms with Crippen LogP contribution in [0.5, 0.6) is 0 Å². The van der Waals surface area contributed by atoms with E-state index in [-0.39, 0.29) is 11.9 Å². The summed E-state index contributed by atoms with van der Waals surface area (Å²) >= 11 is 1.58. The zero-order valence-electron chi connectivity index (χ0n) is 21.6. The summed E-state index contributed by atoms with van der Waals surface area (Å²) in [5, 5.41) is 15.6. The van der Waals surface area contributed by atoms with Crippen LogP contribution in [0.2, 0.25) is 0 Å². The zero-order chi connectivity index (χ0) is 26.8. The number of ether oxygens (including phenoxy) is 1. The van der Waals surface area contributed by atoms with Crippen LogP contribution in [-0.2, 0) is 4.74 Å². The lowest BCUT2D eigenvalue weighted by Gasteiger charge is -2.29. The van der Waals surface area contributed by atoms with Crippen molar-refractivity contribution in [3.05, 3.63) is 30.0 Å². The number of anilines is 4. The van der Waals surface area contributed by atoms with Gasteiger partial charge in [0.25, 0.3) is 5.91 Å². The fourth-order valence-electron chi connectivity index (χ4n) is 5.34. The molecule has 0 saturated carbocycles. The third kappa shape index (κ3) is 5.69. The molecule has 206 valence electrons. The number of nitrogens with one attached hydrogen (secondary N) is 2. The summed E-state index contributed by atoms with van der Waals surface area (Å²) in [6, 6.07) is 7.17. The molecule has 3 fully saturated rings. The Morgan fingerprint density at radius 1 is 0.974 bits per heavy atom. The molecule has 2 amide bonds. The lowest BCUT2D eigenvalue weighted by Crippen LogP contribution is -2.36. The fourth-order valence-corrected chi connectivity index (χ4v) is 6.34. The number of morpholine rings is 1. The van der Waals surface area contributed by atoms with E-state index in [4.69, 9.17) is 19.8 Å². The molecule has 3 aromatic rings. The Morgan fingerprint density at radius 3 is 2.59 bits per heavy atom. The molecule has 3 N–H and O–H groups in total. The summed E-state index contributed by atoms with van der Waals surface area (Å²) in [5.41, 5.74) is 1.65. The Hall–Kier alpha value is -3.71. The first-order valence-corrected chi connectivity index (χ1v) is 14.3. The Balaban J connectivity index is 1.26. The molecular formula is C26H32N8O4S. The Bertz CT molecular complexity index is 1350. The molecule has 3 aliphatic heterocycles. The van der Waals surface area contributed by atoms with E-state index in [1.54, 1.807) is 23.5 Å². The first-order chi connectivity index (χ1) is 19.0. The zero-order valence-corrected chi connectivity index (χ0v) is 22.5. The Labute approximate surface area is 230 Å². The van der Waals surface area contributed by atoms with Gasteiger partial charge >= 0.3 is 6.09 Å². The van der Waals surface area contributed by atoms with Gasteiger partial charge < -0.3 is 35.2 Å². The van der Waals surface area contributed by atoms with Gasteiger partial charge in [-0.15, -0.1) is 0 Å². The van der Waals surface area contributed by atoms with Gasteiger partial charge in [0, 0.05) is 39.3 Å². The molecule has 39 heavy (non-hydrogen) atoms. The van der Waals surface area contributed by atoms with Crippen molar-refractivity contribution in [3.63, 3.8) is 0 Å². The molecule has 6 heterocycles. The number of hydrogen-bond acceptors (Lipinski definition) is 10. The number of nitrogens with zero attached hydrogens (tertiary/aromatic N) is 6. The van der Waals surface area contributed by atoms with Crippen LogP contribution < -0.4 is 25.3 Å². The van der Waals surface area contributed by atoms with E-state index in [2.05, 4.69) is 25.4 Å². The number of aromatic nitrogens is 3. The number of amides is 2. The summed E-state index contributed by atoms with van der Waals surface area (Å²) < 4.78 is 6.41. The fraction of sp³-hybridized carbons (Fsp3) is 0.500. The Kier molecular flexibility index (Phi) is 7.33. The maximum Gasteiger partial charge on any atom is 0.404 e. The van der Waals surface area contributed by atoms with Crippen molar-refractivity contribution < 1.29 is 19.4 Å². The van der Waals surface area contributed by atoms with Gasteiger partial charge in [-0.2, -0.15) is 4.98 Å². The van der Waals surface area contributed by atoms with Crippen LogP contribution in [0.3, 0.4) is 0 Å². The van der Waals surface area contributed by atoms with Crippen LogP contribution in [0.15, 0.2) is 24.3 Å². The standard InChI is InChI=1S/C26H32N8O4S/c35-24(18-5-4-6-21(28-18)34-10-7-17(16-34)27-26(36)37)29-19-15-20-22(30-23(19)32-8-2-1-3-9-32)31-25(39-20)33-11-13-38-14-12-33/h4-6,15,17,27H,1-3,7-14,16H2,(H,29,35)(H,36,37). The van der Waals surface area contributed by atoms with Crippen molar-refractivity contribution >= 4 is 56.1 Å². The normalized spacial score (nSPS) is 19.9. The number of pyridine rings is 2. The van der Waals surface area contributed by atoms with Crippen LogP contribution in [-0.4, -0.2) is 90.6 Å². The average molecular weight is 553 g/mol. The molecule has 3 saturated heterocycles. The van der Waals surface area contributed by atoms with E-state index in [0.717, 1.165) is 54.7 Å². The summed E-state index contributed by atoms with van der Waals surface area (Å²) in [5.74, 6) is 1.08. The lowest BCUT2D eigenvalue weighted by atomic mass is 10.1. The summed E-state index contributed by atoms with van der Waals surface area (Å²) in [7, 11) is 0. The van der Waals surface area contributed by atoms with E-state index in [1.165, 1.54) is 6.42 Å². The highest BCUT2D eigenvalue weighted by Crippen LogP contribution is 2.35. The van der Waals surface area contributed by atoms with Gasteiger partial charge in [-0.05, 0) is 43.9 Å². The van der Waals surface area contributed by atoms with E-state index in [1.807, 2.05) is 17.0 Å². The lowest BCUT2D eigenvalue weighted by molar-refractivity contribution is 0.102. The molecule has 6 rings (SSSR count). The highest BCUT2D eigenvalue weighted by atomic mass is 32.1. The maximum atomic E-state index is 13.5. The van der Waals surface area contributed by atoms with Crippen molar-refractivity contribution in [1.29, 1.82) is 0 Å². The van der Waals surface area contributed by atoms with Crippen LogP contribution in [0, 0.1) is 0 Å². The average Bonchev–Trinajstić information content (AvgIpc) is 3.60. The SMILES string of the molecule is O=C(O)NC1CCN(c2cccc(C(=O)Nc3cc4sc(N5CCOCC5)nc4nc3N3CCCCC3)n2)C1. The Morgan fingerprint density at radius 2 is 1.79 bits per heavy atom. The number of carbonyl (C=O) groups is 2. The summed E-state index contributed by atoms with van der Waals surface area (Å²) in [6.45, 7) is 5.92. The number of thiazole rings is 1. The highest BCUT2D eigenvalue weighted by Gasteiger charge is 2.26. The predicted octanol–water partition coefficient (Wildman–Crippen LogP) is 3.01. The monoisotopic (exact) mass is 552 g/mol. The number of hydrogen-bond donors (Lipinski definition) is 3. The summed E-state index contributed by atoms with van der Waals surface area (Å²) in [6.07, 6.45) is 3.02. The third-order valence-electron chi connectivity index (χ3n) is 7.34. The minimum Gasteiger partial charge on any atom is -0.465 e. The molecule has 3 aliphatic rings. The van der Waals surface area contributed by atoms with Gasteiger partial charge in [0.2, 0.25) is 0 Å². The molecule has 0 bridgehead atoms. The van der Waals surface area contributed by atoms with Crippen molar-refractivity contribution in [2.75, 3.05) is 72.5 Å². The second-order valence-electron chi connectivity index (χ2n) is 10.0. The van der Waals surface area contributed by atoms with Gasteiger partial charge in [0.1, 0.15) is 11.5 Å². The number of rotatable bonds is 6. The molecule has 0 radical (unpaired) electrons. The number of fused-ring (bicyclic) bond motifs is 1. The van der Waals surface area contributed by atoms with Gasteiger partial charge in [0.15, 0.2) is 16.6 Å². The molecular weight excluding hydrogens is 520 g/mol. The van der Waals surface area contributed by atoms with E-state index < -0.39 is 6.09 Å². The molecule has 0 aromatic carbocycles. The van der Waals surface area contributed by atoms with Crippen LogP contribution in [0.1, 0.15) is 36.2 Å². The molecule has 1 unspecified atom stereocenters. The first-order valence-electron chi connectivity index (χ1n) is 13.5. The van der Waals surface area contributed by atoms with Crippen molar-refractivity contribution in [2.24, 2.45) is 0 Å². The van der Waals surface area contributed by atoms with Gasteiger partial charge in [-0.3, -0.25) is 4.79 Å². The topological polar surface area (TPSA) is 136 Å². The molecule has 12 nitrogen and oxygen atoms in total. The second kappa shape index (κ2) is 11.2. The molecule has 13 heteroatoms. The van der Waals surface area contributed by atoms with E-state index in [0.29, 0.717) is 55.6 Å². The number of carboxylic acid groups (broad SMARTS) is 1. The summed E-state index contributed by atoms with van der Waals surface area (Å²) in [4.78, 5) is 45.3. The van der Waals surface area contributed by atoms with Crippen LogP contribution in [0.4, 0.5) is 27.2 Å². The predicted molar refractivity (Wildman–Crippen MR) is 150 cm³/mol. The number of piperidine rings is 1. The van der Waals surface area contributed by atoms with E-state index >= 15 is 0 Å². The van der Waals surface area contributed by atoms with Crippen molar-refractivity contribution in [2.45, 2.75) is 31.7 Å². The van der Waals surface area contributed by atoms with Gasteiger partial charge in [0.05, 0.1) is 29.6 Å². The number of carbonyl (C=O) groups excluding carboxylic acids is 1. The third-order valence-corrected chi connectivity index (χ3v) is 8.40. The van der Waals surface area contributed by atoms with Gasteiger partial charge in [-0.25, -0.2) is 14.8 Å². The highest BCUT2D eigenvalue weighted by molar-refractivity contribution is 7.22. The van der Waals surface area contributed by atoms with Crippen molar-refractivity contribution in [3.8, 4) is 0 Å². The maximum absolute atomic E-state index is 13.5. The molecule has 0 aliphatic carbocycles. The van der Waals surface area contributed by atoms with Crippen molar-refractivity contribution in [1.82, 2.24) is 20.3 Å². The largest absolute Gasteiger partial charge is 0.465 e. The minimum atomic E-state index is -1.03. The van der Waals surface area contributed by atoms with Crippen LogP contribution >= 0.6 is 11.3 Å². The minimum absolute atomic E-state index is 0.159. The quantitative estimate of drug-likeness (QED) is 0.419. The first kappa shape index (κ1) is 25.6. The molecule has 3 aromatic heterocycles. The van der Waals surface area contributed by atoms with E-state index in [9.17, 15) is 9.59 Å². The molecule has 0 spiro atoms. The molecule has 1 atom stereocenters. The van der Waals surface area contributed by atoms with Gasteiger partial charge in [-0.1, -0.05) is 17.4 Å². The smallest absolute Gasteiger partial charge is 0.404 e.